The Hall–Kier alpha value is -1.79. The number of carboxylic acid groups (broad SMARTS) is 1. The highest BCUT2D eigenvalue weighted by Crippen LogP contribution is 2.18. The number of carbonyl (C=O) groups is 3. The molecule has 1 saturated carbocycles. The highest BCUT2D eigenvalue weighted by atomic mass is 16.4. The van der Waals surface area contributed by atoms with Crippen LogP contribution in [0.15, 0.2) is 0 Å². The summed E-state index contributed by atoms with van der Waals surface area (Å²) < 4.78 is 0. The van der Waals surface area contributed by atoms with E-state index in [0.29, 0.717) is 12.5 Å². The molecule has 114 valence electrons. The van der Waals surface area contributed by atoms with Crippen LogP contribution in [-0.2, 0) is 9.59 Å². The number of nitrogens with one attached hydrogen (secondary N) is 3. The van der Waals surface area contributed by atoms with E-state index >= 15 is 0 Å². The number of carbonyl (C=O) groups excluding carboxylic acids is 2. The molecule has 2 atom stereocenters. The summed E-state index contributed by atoms with van der Waals surface area (Å²) in [6.45, 7) is 3.82. The minimum atomic E-state index is -1.05. The summed E-state index contributed by atoms with van der Waals surface area (Å²) in [6, 6.07) is -1.17. The van der Waals surface area contributed by atoms with Gasteiger partial charge < -0.3 is 21.1 Å². The molecular weight excluding hydrogens is 262 g/mol. The quantitative estimate of drug-likeness (QED) is 0.519. The first kappa shape index (κ1) is 16.3. The number of hydrogen-bond donors (Lipinski definition) is 4. The highest BCUT2D eigenvalue weighted by Gasteiger charge is 2.25. The minimum absolute atomic E-state index is 0.0930. The smallest absolute Gasteiger partial charge is 0.326 e. The van der Waals surface area contributed by atoms with E-state index in [4.69, 9.17) is 5.11 Å². The van der Waals surface area contributed by atoms with E-state index in [1.165, 1.54) is 0 Å². The van der Waals surface area contributed by atoms with E-state index in [9.17, 15) is 14.4 Å². The lowest BCUT2D eigenvalue weighted by Crippen LogP contribution is -2.49. The van der Waals surface area contributed by atoms with Gasteiger partial charge in [-0.1, -0.05) is 20.3 Å². The zero-order chi connectivity index (χ0) is 15.1. The Bertz CT molecular complexity index is 369. The van der Waals surface area contributed by atoms with Gasteiger partial charge in [-0.05, 0) is 18.8 Å². The Morgan fingerprint density at radius 2 is 1.95 bits per heavy atom. The summed E-state index contributed by atoms with van der Waals surface area (Å²) in [5.41, 5.74) is 0. The van der Waals surface area contributed by atoms with Gasteiger partial charge in [0.2, 0.25) is 5.91 Å². The molecule has 0 radical (unpaired) electrons. The second-order valence-electron chi connectivity index (χ2n) is 5.19. The summed E-state index contributed by atoms with van der Waals surface area (Å²) in [4.78, 5) is 34.0. The van der Waals surface area contributed by atoms with E-state index in [1.807, 2.05) is 6.92 Å². The summed E-state index contributed by atoms with van der Waals surface area (Å²) in [5, 5.41) is 16.8. The van der Waals surface area contributed by atoms with Gasteiger partial charge in [-0.15, -0.1) is 0 Å². The standard InChI is InChI=1S/C13H23N3O4/c1-3-8(2)11(12(18)19)16-13(20)14-7-6-10(17)15-9-4-5-9/h8-9,11H,3-7H2,1-2H3,(H,15,17)(H,18,19)(H2,14,16,20)/t8-,11-/m0/s1. The average molecular weight is 285 g/mol. The van der Waals surface area contributed by atoms with Gasteiger partial charge in [0, 0.05) is 19.0 Å². The first-order valence-corrected chi connectivity index (χ1v) is 7.00. The van der Waals surface area contributed by atoms with Crippen LogP contribution in [0.5, 0.6) is 0 Å². The molecular formula is C13H23N3O4. The van der Waals surface area contributed by atoms with Crippen LogP contribution in [0.2, 0.25) is 0 Å². The molecule has 7 heteroatoms. The van der Waals surface area contributed by atoms with Gasteiger partial charge in [-0.3, -0.25) is 4.79 Å². The van der Waals surface area contributed by atoms with Crippen LogP contribution in [0.25, 0.3) is 0 Å². The second-order valence-corrected chi connectivity index (χ2v) is 5.19. The first-order valence-electron chi connectivity index (χ1n) is 7.00. The summed E-state index contributed by atoms with van der Waals surface area (Å²) in [5.74, 6) is -1.30. The third kappa shape index (κ3) is 5.90. The zero-order valence-electron chi connectivity index (χ0n) is 11.9. The first-order chi connectivity index (χ1) is 9.43. The predicted octanol–water partition coefficient (Wildman–Crippen LogP) is 0.454. The van der Waals surface area contributed by atoms with E-state index in [1.54, 1.807) is 6.92 Å². The van der Waals surface area contributed by atoms with Crippen molar-refractivity contribution in [3.05, 3.63) is 0 Å². The fraction of sp³-hybridized carbons (Fsp3) is 0.769. The number of carboxylic acids is 1. The van der Waals surface area contributed by atoms with Gasteiger partial charge in [0.05, 0.1) is 0 Å². The second kappa shape index (κ2) is 7.72. The molecule has 0 aliphatic heterocycles. The Labute approximate surface area is 118 Å². The molecule has 4 N–H and O–H groups in total. The number of hydrogen-bond acceptors (Lipinski definition) is 3. The van der Waals surface area contributed by atoms with Crippen molar-refractivity contribution in [2.24, 2.45) is 5.92 Å². The Kier molecular flexibility index (Phi) is 6.27. The zero-order valence-corrected chi connectivity index (χ0v) is 11.9. The average Bonchev–Trinajstić information content (AvgIpc) is 3.18. The van der Waals surface area contributed by atoms with Crippen LogP contribution in [0, 0.1) is 5.92 Å². The molecule has 0 bridgehead atoms. The van der Waals surface area contributed by atoms with Gasteiger partial charge in [-0.25, -0.2) is 9.59 Å². The lowest BCUT2D eigenvalue weighted by molar-refractivity contribution is -0.140. The van der Waals surface area contributed by atoms with Crippen molar-refractivity contribution in [1.29, 1.82) is 0 Å². The number of rotatable bonds is 8. The van der Waals surface area contributed by atoms with Crippen LogP contribution < -0.4 is 16.0 Å². The molecule has 1 aliphatic rings. The third-order valence-corrected chi connectivity index (χ3v) is 3.35. The SMILES string of the molecule is CC[C@H](C)[C@H](NC(=O)NCCC(=O)NC1CC1)C(=O)O. The predicted molar refractivity (Wildman–Crippen MR) is 73.2 cm³/mol. The van der Waals surface area contributed by atoms with Crippen LogP contribution in [0.3, 0.4) is 0 Å². The molecule has 0 saturated heterocycles. The van der Waals surface area contributed by atoms with Crippen molar-refractivity contribution in [2.75, 3.05) is 6.54 Å². The maximum absolute atomic E-state index is 11.6. The molecule has 0 aromatic rings. The number of amides is 3. The molecule has 0 aromatic carbocycles. The van der Waals surface area contributed by atoms with Gasteiger partial charge in [0.1, 0.15) is 6.04 Å². The molecule has 0 heterocycles. The van der Waals surface area contributed by atoms with Gasteiger partial charge >= 0.3 is 12.0 Å². The van der Waals surface area contributed by atoms with E-state index in [-0.39, 0.29) is 24.8 Å². The lowest BCUT2D eigenvalue weighted by atomic mass is 9.99. The summed E-state index contributed by atoms with van der Waals surface area (Å²) >= 11 is 0. The van der Waals surface area contributed by atoms with Crippen LogP contribution in [-0.4, -0.2) is 41.6 Å². The van der Waals surface area contributed by atoms with Crippen molar-refractivity contribution in [2.45, 2.75) is 51.6 Å². The van der Waals surface area contributed by atoms with Crippen molar-refractivity contribution >= 4 is 17.9 Å². The molecule has 3 amide bonds. The normalized spacial score (nSPS) is 16.9. The Morgan fingerprint density at radius 1 is 1.30 bits per heavy atom. The lowest BCUT2D eigenvalue weighted by Gasteiger charge is -2.20. The Morgan fingerprint density at radius 3 is 2.45 bits per heavy atom. The van der Waals surface area contributed by atoms with Gasteiger partial charge in [0.15, 0.2) is 0 Å². The molecule has 1 rings (SSSR count). The van der Waals surface area contributed by atoms with Crippen molar-refractivity contribution in [3.63, 3.8) is 0 Å². The molecule has 0 unspecified atom stereocenters. The topological polar surface area (TPSA) is 108 Å². The van der Waals surface area contributed by atoms with Crippen molar-refractivity contribution in [3.8, 4) is 0 Å². The third-order valence-electron chi connectivity index (χ3n) is 3.35. The fourth-order valence-electron chi connectivity index (χ4n) is 1.69. The van der Waals surface area contributed by atoms with Crippen molar-refractivity contribution in [1.82, 2.24) is 16.0 Å². The van der Waals surface area contributed by atoms with Crippen LogP contribution in [0.4, 0.5) is 4.79 Å². The summed E-state index contributed by atoms with van der Waals surface area (Å²) in [7, 11) is 0. The Balaban J connectivity index is 2.23. The monoisotopic (exact) mass is 285 g/mol. The van der Waals surface area contributed by atoms with Crippen LogP contribution >= 0.6 is 0 Å². The molecule has 1 fully saturated rings. The van der Waals surface area contributed by atoms with Gasteiger partial charge in [0.25, 0.3) is 0 Å². The number of aliphatic carboxylic acids is 1. The fourth-order valence-corrected chi connectivity index (χ4v) is 1.69. The van der Waals surface area contributed by atoms with E-state index in [2.05, 4.69) is 16.0 Å². The minimum Gasteiger partial charge on any atom is -0.480 e. The molecule has 7 nitrogen and oxygen atoms in total. The number of urea groups is 1. The largest absolute Gasteiger partial charge is 0.480 e. The van der Waals surface area contributed by atoms with Gasteiger partial charge in [-0.2, -0.15) is 0 Å². The summed E-state index contributed by atoms with van der Waals surface area (Å²) in [6.07, 6.45) is 2.90. The molecule has 1 aliphatic carbocycles. The maximum Gasteiger partial charge on any atom is 0.326 e. The molecule has 20 heavy (non-hydrogen) atoms. The van der Waals surface area contributed by atoms with E-state index in [0.717, 1.165) is 12.8 Å². The van der Waals surface area contributed by atoms with Crippen LogP contribution in [0.1, 0.15) is 39.5 Å². The molecule has 0 aromatic heterocycles. The van der Waals surface area contributed by atoms with Crippen molar-refractivity contribution < 1.29 is 19.5 Å². The molecule has 0 spiro atoms. The maximum atomic E-state index is 11.6. The van der Waals surface area contributed by atoms with E-state index < -0.39 is 18.0 Å². The highest BCUT2D eigenvalue weighted by molar-refractivity contribution is 5.83.